The summed E-state index contributed by atoms with van der Waals surface area (Å²) in [4.78, 5) is 10.3. The lowest BCUT2D eigenvalue weighted by Crippen LogP contribution is -2.07. The summed E-state index contributed by atoms with van der Waals surface area (Å²) < 4.78 is 22.3. The minimum atomic E-state index is -3.64. The van der Waals surface area contributed by atoms with Gasteiger partial charge < -0.3 is 10.2 Å². The molecule has 76 valence electrons. The molecule has 0 unspecified atom stereocenters. The smallest absolute Gasteiger partial charge is 0.340 e. The van der Waals surface area contributed by atoms with Crippen molar-refractivity contribution < 1.29 is 23.4 Å². The van der Waals surface area contributed by atoms with Crippen LogP contribution in [0.3, 0.4) is 0 Å². The average Bonchev–Trinajstić information content (AvgIpc) is 2.01. The molecule has 6 heteroatoms. The zero-order valence-corrected chi connectivity index (χ0v) is 8.08. The molecule has 1 rings (SSSR count). The van der Waals surface area contributed by atoms with E-state index in [0.29, 0.717) is 0 Å². The van der Waals surface area contributed by atoms with Crippen molar-refractivity contribution in [3.05, 3.63) is 23.8 Å². The van der Waals surface area contributed by atoms with Crippen molar-refractivity contribution in [2.24, 2.45) is 0 Å². The van der Waals surface area contributed by atoms with E-state index in [0.717, 1.165) is 18.4 Å². The minimum absolute atomic E-state index is 0.384. The van der Waals surface area contributed by atoms with Gasteiger partial charge in [-0.15, -0.1) is 0 Å². The number of aromatic hydroxyl groups is 1. The summed E-state index contributed by atoms with van der Waals surface area (Å²) in [6, 6.07) is 3.54. The molecule has 2 N–H and O–H groups in total. The van der Waals surface area contributed by atoms with Crippen LogP contribution in [0.4, 0.5) is 0 Å². The quantitative estimate of drug-likeness (QED) is 0.750. The molecule has 0 amide bonds. The highest BCUT2D eigenvalue weighted by atomic mass is 32.2. The van der Waals surface area contributed by atoms with Crippen LogP contribution in [0.1, 0.15) is 10.4 Å². The molecule has 0 aliphatic carbocycles. The second-order valence-corrected chi connectivity index (χ2v) is 4.71. The third kappa shape index (κ3) is 1.85. The number of carboxylic acid groups (broad SMARTS) is 1. The Morgan fingerprint density at radius 3 is 2.29 bits per heavy atom. The fraction of sp³-hybridized carbons (Fsp3) is 0.125. The first-order valence-corrected chi connectivity index (χ1v) is 5.48. The van der Waals surface area contributed by atoms with Gasteiger partial charge in [-0.1, -0.05) is 6.07 Å². The topological polar surface area (TPSA) is 91.7 Å². The molecule has 0 radical (unpaired) electrons. The number of aromatic carboxylic acids is 1. The van der Waals surface area contributed by atoms with Crippen molar-refractivity contribution in [3.8, 4) is 5.75 Å². The fourth-order valence-corrected chi connectivity index (χ4v) is 1.93. The van der Waals surface area contributed by atoms with Crippen LogP contribution >= 0.6 is 0 Å². The van der Waals surface area contributed by atoms with Crippen LogP contribution in [0.5, 0.6) is 5.75 Å². The van der Waals surface area contributed by atoms with Crippen molar-refractivity contribution in [2.45, 2.75) is 4.90 Å². The van der Waals surface area contributed by atoms with Crippen molar-refractivity contribution >= 4 is 15.8 Å². The Hall–Kier alpha value is -1.56. The van der Waals surface area contributed by atoms with Crippen LogP contribution in [0, 0.1) is 0 Å². The molecule has 0 aromatic heterocycles. The van der Waals surface area contributed by atoms with Crippen LogP contribution in [0.25, 0.3) is 0 Å². The molecule has 5 nitrogen and oxygen atoms in total. The van der Waals surface area contributed by atoms with Gasteiger partial charge in [0.1, 0.15) is 11.3 Å². The van der Waals surface area contributed by atoms with Crippen molar-refractivity contribution in [3.63, 3.8) is 0 Å². The van der Waals surface area contributed by atoms with Gasteiger partial charge in [0.2, 0.25) is 0 Å². The lowest BCUT2D eigenvalue weighted by atomic mass is 10.2. The molecule has 1 aromatic rings. The number of phenols is 1. The van der Waals surface area contributed by atoms with Crippen molar-refractivity contribution in [1.29, 1.82) is 0 Å². The standard InChI is InChI=1S/C8H8O5S/c1-14(12,13)6-4-2-3-5(9)7(6)8(10)11/h2-4,9H,1H3,(H,10,11). The zero-order chi connectivity index (χ0) is 10.9. The summed E-state index contributed by atoms with van der Waals surface area (Å²) in [5.41, 5.74) is -0.588. The first kappa shape index (κ1) is 10.5. The molecule has 14 heavy (non-hydrogen) atoms. The Labute approximate surface area is 80.5 Å². The van der Waals surface area contributed by atoms with E-state index in [2.05, 4.69) is 0 Å². The maximum Gasteiger partial charge on any atom is 0.340 e. The van der Waals surface area contributed by atoms with E-state index in [-0.39, 0.29) is 4.90 Å². The van der Waals surface area contributed by atoms with Gasteiger partial charge in [0.15, 0.2) is 9.84 Å². The summed E-state index contributed by atoms with van der Waals surface area (Å²) >= 11 is 0. The summed E-state index contributed by atoms with van der Waals surface area (Å²) in [5.74, 6) is -2.02. The predicted octanol–water partition coefficient (Wildman–Crippen LogP) is 0.494. The SMILES string of the molecule is CS(=O)(=O)c1cccc(O)c1C(=O)O. The molecule has 0 aliphatic rings. The van der Waals surface area contributed by atoms with Gasteiger partial charge in [0.25, 0.3) is 0 Å². The van der Waals surface area contributed by atoms with Crippen LogP contribution in [-0.2, 0) is 9.84 Å². The molecule has 0 fully saturated rings. The normalized spacial score (nSPS) is 11.2. The summed E-state index contributed by atoms with van der Waals surface area (Å²) in [6.07, 6.45) is 0.883. The van der Waals surface area contributed by atoms with E-state index in [1.54, 1.807) is 0 Å². The molecule has 0 bridgehead atoms. The minimum Gasteiger partial charge on any atom is -0.507 e. The second-order valence-electron chi connectivity index (χ2n) is 2.73. The van der Waals surface area contributed by atoms with Crippen molar-refractivity contribution in [1.82, 2.24) is 0 Å². The van der Waals surface area contributed by atoms with E-state index >= 15 is 0 Å². The van der Waals surface area contributed by atoms with E-state index in [9.17, 15) is 18.3 Å². The molecule has 0 saturated carbocycles. The molecule has 1 aromatic carbocycles. The third-order valence-electron chi connectivity index (χ3n) is 1.62. The molecule has 0 heterocycles. The number of benzene rings is 1. The molecule has 0 spiro atoms. The number of hydrogen-bond acceptors (Lipinski definition) is 4. The van der Waals surface area contributed by atoms with Crippen molar-refractivity contribution in [2.75, 3.05) is 6.26 Å². The van der Waals surface area contributed by atoms with Gasteiger partial charge in [-0.05, 0) is 12.1 Å². The van der Waals surface area contributed by atoms with Gasteiger partial charge >= 0.3 is 5.97 Å². The molecule has 0 aliphatic heterocycles. The first-order chi connectivity index (χ1) is 6.34. The lowest BCUT2D eigenvalue weighted by Gasteiger charge is -2.04. The van der Waals surface area contributed by atoms with Crippen LogP contribution < -0.4 is 0 Å². The Bertz CT molecular complexity index is 475. The third-order valence-corrected chi connectivity index (χ3v) is 2.76. The van der Waals surface area contributed by atoms with Crippen LogP contribution in [-0.4, -0.2) is 30.9 Å². The highest BCUT2D eigenvalue weighted by Gasteiger charge is 2.21. The Balaban J connectivity index is 3.61. The monoisotopic (exact) mass is 216 g/mol. The number of sulfone groups is 1. The lowest BCUT2D eigenvalue weighted by molar-refractivity contribution is 0.0689. The Morgan fingerprint density at radius 2 is 1.93 bits per heavy atom. The predicted molar refractivity (Wildman–Crippen MR) is 48.2 cm³/mol. The Kier molecular flexibility index (Phi) is 2.48. The number of rotatable bonds is 2. The maximum atomic E-state index is 11.1. The van der Waals surface area contributed by atoms with Gasteiger partial charge in [-0.25, -0.2) is 13.2 Å². The molecule has 0 atom stereocenters. The van der Waals surface area contributed by atoms with Crippen LogP contribution in [0.15, 0.2) is 23.1 Å². The summed E-state index contributed by atoms with van der Waals surface area (Å²) in [6.45, 7) is 0. The van der Waals surface area contributed by atoms with E-state index < -0.39 is 27.1 Å². The highest BCUT2D eigenvalue weighted by molar-refractivity contribution is 7.90. The van der Waals surface area contributed by atoms with E-state index in [4.69, 9.17) is 5.11 Å². The van der Waals surface area contributed by atoms with Gasteiger partial charge in [0, 0.05) is 6.26 Å². The second kappa shape index (κ2) is 3.30. The van der Waals surface area contributed by atoms with Crippen LogP contribution in [0.2, 0.25) is 0 Å². The number of hydrogen-bond donors (Lipinski definition) is 2. The van der Waals surface area contributed by atoms with Gasteiger partial charge in [0.05, 0.1) is 4.90 Å². The maximum absolute atomic E-state index is 11.1. The molecular formula is C8H8O5S. The fourth-order valence-electron chi connectivity index (χ4n) is 1.04. The van der Waals surface area contributed by atoms with E-state index in [1.807, 2.05) is 0 Å². The van der Waals surface area contributed by atoms with Gasteiger partial charge in [-0.2, -0.15) is 0 Å². The summed E-state index contributed by atoms with van der Waals surface area (Å²) in [5, 5.41) is 17.9. The molecule has 0 saturated heterocycles. The zero-order valence-electron chi connectivity index (χ0n) is 7.26. The first-order valence-electron chi connectivity index (χ1n) is 3.59. The number of carbonyl (C=O) groups is 1. The highest BCUT2D eigenvalue weighted by Crippen LogP contribution is 2.24. The van der Waals surface area contributed by atoms with Gasteiger partial charge in [-0.3, -0.25) is 0 Å². The average molecular weight is 216 g/mol. The summed E-state index contributed by atoms with van der Waals surface area (Å²) in [7, 11) is -3.64. The Morgan fingerprint density at radius 1 is 1.36 bits per heavy atom. The largest absolute Gasteiger partial charge is 0.507 e. The van der Waals surface area contributed by atoms with E-state index in [1.165, 1.54) is 6.07 Å². The number of carboxylic acids is 1. The molecular weight excluding hydrogens is 208 g/mol.